The van der Waals surface area contributed by atoms with E-state index >= 15 is 0 Å². The van der Waals surface area contributed by atoms with E-state index in [1.54, 1.807) is 0 Å². The van der Waals surface area contributed by atoms with Gasteiger partial charge in [0.15, 0.2) is 0 Å². The number of halogens is 1. The fourth-order valence-electron chi connectivity index (χ4n) is 4.02. The molecule has 0 aromatic carbocycles. The molecule has 1 saturated carbocycles. The highest BCUT2D eigenvalue weighted by molar-refractivity contribution is 4.67. The van der Waals surface area contributed by atoms with Gasteiger partial charge in [0, 0.05) is 0 Å². The lowest BCUT2D eigenvalue weighted by molar-refractivity contribution is -0.935. The molecule has 1 rings (SSSR count). The maximum Gasteiger partial charge on any atom is 0.102 e. The maximum atomic E-state index is 9.44. The lowest BCUT2D eigenvalue weighted by Crippen LogP contribution is -3.00. The van der Waals surface area contributed by atoms with Gasteiger partial charge in [-0.15, -0.1) is 0 Å². The van der Waals surface area contributed by atoms with Gasteiger partial charge in [-0.05, 0) is 38.5 Å². The summed E-state index contributed by atoms with van der Waals surface area (Å²) in [5.41, 5.74) is 0. The minimum Gasteiger partial charge on any atom is -1.00 e. The minimum atomic E-state index is 0. The molecule has 1 unspecified atom stereocenters. The largest absolute Gasteiger partial charge is 1.00 e. The number of unbranched alkanes of at least 4 members (excludes halogenated alkanes) is 7. The van der Waals surface area contributed by atoms with Crippen LogP contribution in [0.15, 0.2) is 0 Å². The normalized spacial score (nSPS) is 18.7. The van der Waals surface area contributed by atoms with Gasteiger partial charge in [0.25, 0.3) is 0 Å². The first-order chi connectivity index (χ1) is 10.2. The van der Waals surface area contributed by atoms with Crippen molar-refractivity contribution < 1.29 is 22.0 Å². The van der Waals surface area contributed by atoms with Crippen molar-refractivity contribution in [3.8, 4) is 0 Å². The molecule has 2 nitrogen and oxygen atoms in total. The number of aliphatic hydroxyl groups excluding tert-OH is 1. The average Bonchev–Trinajstić information content (AvgIpc) is 2.51. The van der Waals surface area contributed by atoms with E-state index in [0.29, 0.717) is 6.61 Å². The summed E-state index contributed by atoms with van der Waals surface area (Å²) in [4.78, 5) is 0. The van der Waals surface area contributed by atoms with Gasteiger partial charge in [-0.1, -0.05) is 51.9 Å². The summed E-state index contributed by atoms with van der Waals surface area (Å²) >= 11 is 0. The Labute approximate surface area is 145 Å². The second kappa shape index (κ2) is 13.6. The zero-order valence-corrected chi connectivity index (χ0v) is 15.9. The first kappa shape index (κ1) is 22.2. The van der Waals surface area contributed by atoms with Crippen molar-refractivity contribution in [3.63, 3.8) is 0 Å². The molecule has 0 aromatic rings. The van der Waals surface area contributed by atoms with Gasteiger partial charge in [-0.25, -0.2) is 0 Å². The van der Waals surface area contributed by atoms with Crippen molar-refractivity contribution in [1.29, 1.82) is 0 Å². The van der Waals surface area contributed by atoms with E-state index in [4.69, 9.17) is 0 Å². The topological polar surface area (TPSA) is 20.2 Å². The monoisotopic (exact) mass is 333 g/mol. The molecule has 0 heterocycles. The second-order valence-corrected chi connectivity index (χ2v) is 7.42. The number of likely N-dealkylation sites (N-methyl/N-ethyl adjacent to an activating group) is 1. The van der Waals surface area contributed by atoms with Crippen molar-refractivity contribution in [2.75, 3.05) is 26.7 Å². The van der Waals surface area contributed by atoms with Crippen molar-refractivity contribution >= 4 is 0 Å². The number of nitrogens with zero attached hydrogens (tertiary/aromatic N) is 1. The Morgan fingerprint density at radius 3 is 1.91 bits per heavy atom. The Kier molecular flexibility index (Phi) is 13.8. The van der Waals surface area contributed by atoms with Crippen molar-refractivity contribution in [3.05, 3.63) is 0 Å². The van der Waals surface area contributed by atoms with Crippen molar-refractivity contribution in [2.45, 2.75) is 96.4 Å². The van der Waals surface area contributed by atoms with Gasteiger partial charge in [0.1, 0.15) is 6.54 Å². The SMILES string of the molecule is CCCCCCCCCC[N+](C)(CCO)C1CCCCC1.[Cl-]. The van der Waals surface area contributed by atoms with E-state index in [2.05, 4.69) is 14.0 Å². The first-order valence-electron chi connectivity index (χ1n) is 9.68. The van der Waals surface area contributed by atoms with Gasteiger partial charge >= 0.3 is 0 Å². The van der Waals surface area contributed by atoms with Crippen LogP contribution in [0.5, 0.6) is 0 Å². The lowest BCUT2D eigenvalue weighted by atomic mass is 9.92. The molecule has 0 spiro atoms. The molecule has 1 atom stereocenters. The summed E-state index contributed by atoms with van der Waals surface area (Å²) in [6, 6.07) is 0.815. The molecule has 1 aliphatic carbocycles. The number of aliphatic hydroxyl groups is 1. The number of rotatable bonds is 12. The smallest absolute Gasteiger partial charge is 0.102 e. The van der Waals surface area contributed by atoms with Crippen LogP contribution in [-0.2, 0) is 0 Å². The third-order valence-corrected chi connectivity index (χ3v) is 5.59. The molecule has 0 bridgehead atoms. The lowest BCUT2D eigenvalue weighted by Gasteiger charge is -2.43. The van der Waals surface area contributed by atoms with Gasteiger partial charge < -0.3 is 22.0 Å². The van der Waals surface area contributed by atoms with E-state index < -0.39 is 0 Å². The highest BCUT2D eigenvalue weighted by Gasteiger charge is 2.32. The third-order valence-electron chi connectivity index (χ3n) is 5.59. The Morgan fingerprint density at radius 2 is 1.36 bits per heavy atom. The molecule has 1 fully saturated rings. The standard InChI is InChI=1S/C19H40NO.ClH/c1-3-4-5-6-7-8-9-13-16-20(2,17-18-21)19-14-11-10-12-15-19;/h19,21H,3-18H2,1-2H3;1H/q+1;/p-1. The molecular formula is C19H40ClNO. The molecule has 22 heavy (non-hydrogen) atoms. The van der Waals surface area contributed by atoms with Crippen LogP contribution >= 0.6 is 0 Å². The highest BCUT2D eigenvalue weighted by atomic mass is 35.5. The fraction of sp³-hybridized carbons (Fsp3) is 1.00. The summed E-state index contributed by atoms with van der Waals surface area (Å²) in [7, 11) is 2.40. The fourth-order valence-corrected chi connectivity index (χ4v) is 4.02. The molecule has 0 aromatic heterocycles. The Bertz CT molecular complexity index is 244. The van der Waals surface area contributed by atoms with Gasteiger partial charge in [-0.3, -0.25) is 0 Å². The van der Waals surface area contributed by atoms with Crippen LogP contribution < -0.4 is 12.4 Å². The summed E-state index contributed by atoms with van der Waals surface area (Å²) in [6.45, 7) is 4.87. The van der Waals surface area contributed by atoms with Crippen LogP contribution in [0.1, 0.15) is 90.4 Å². The van der Waals surface area contributed by atoms with Crippen molar-refractivity contribution in [1.82, 2.24) is 0 Å². The third kappa shape index (κ3) is 8.74. The summed E-state index contributed by atoms with van der Waals surface area (Å²) in [5.74, 6) is 0. The Hall–Kier alpha value is 0.210. The Balaban J connectivity index is 0.00000441. The van der Waals surface area contributed by atoms with Crippen LogP contribution in [0.4, 0.5) is 0 Å². The molecule has 0 saturated heterocycles. The Morgan fingerprint density at radius 1 is 0.818 bits per heavy atom. The van der Waals surface area contributed by atoms with Crippen LogP contribution in [0.3, 0.4) is 0 Å². The predicted octanol–water partition coefficient (Wildman–Crippen LogP) is 1.90. The van der Waals surface area contributed by atoms with E-state index in [-0.39, 0.29) is 12.4 Å². The maximum absolute atomic E-state index is 9.44. The van der Waals surface area contributed by atoms with Crippen LogP contribution in [-0.4, -0.2) is 42.4 Å². The molecule has 0 radical (unpaired) electrons. The van der Waals surface area contributed by atoms with Gasteiger partial charge in [-0.2, -0.15) is 0 Å². The van der Waals surface area contributed by atoms with Crippen LogP contribution in [0.25, 0.3) is 0 Å². The predicted molar refractivity (Wildman–Crippen MR) is 92.5 cm³/mol. The van der Waals surface area contributed by atoms with Crippen LogP contribution in [0.2, 0.25) is 0 Å². The van der Waals surface area contributed by atoms with E-state index in [0.717, 1.165) is 17.1 Å². The van der Waals surface area contributed by atoms with Crippen molar-refractivity contribution in [2.24, 2.45) is 0 Å². The minimum absolute atomic E-state index is 0. The van der Waals surface area contributed by atoms with E-state index in [9.17, 15) is 5.11 Å². The molecule has 0 aliphatic heterocycles. The second-order valence-electron chi connectivity index (χ2n) is 7.42. The van der Waals surface area contributed by atoms with E-state index in [1.807, 2.05) is 0 Å². The zero-order valence-electron chi connectivity index (χ0n) is 15.2. The van der Waals surface area contributed by atoms with Crippen LogP contribution in [0, 0.1) is 0 Å². The quantitative estimate of drug-likeness (QED) is 0.427. The van der Waals surface area contributed by atoms with E-state index in [1.165, 1.54) is 90.0 Å². The zero-order chi connectivity index (χ0) is 15.4. The molecule has 3 heteroatoms. The molecule has 1 aliphatic rings. The summed E-state index contributed by atoms with van der Waals surface area (Å²) in [6.07, 6.45) is 18.2. The van der Waals surface area contributed by atoms with Gasteiger partial charge in [0.05, 0.1) is 26.2 Å². The average molecular weight is 334 g/mol. The number of quaternary nitrogens is 1. The molecule has 134 valence electrons. The molecule has 1 N–H and O–H groups in total. The molecule has 0 amide bonds. The highest BCUT2D eigenvalue weighted by Crippen LogP contribution is 2.27. The molecular weight excluding hydrogens is 294 g/mol. The number of hydrogen-bond acceptors (Lipinski definition) is 1. The first-order valence-corrected chi connectivity index (χ1v) is 9.68. The summed E-state index contributed by atoms with van der Waals surface area (Å²) in [5, 5.41) is 9.44. The summed E-state index contributed by atoms with van der Waals surface area (Å²) < 4.78 is 1.13. The van der Waals surface area contributed by atoms with Gasteiger partial charge in [0.2, 0.25) is 0 Å². The number of hydrogen-bond donors (Lipinski definition) is 1.